The average molecular weight is 270 g/mol. The van der Waals surface area contributed by atoms with E-state index in [1.165, 1.54) is 38.9 Å². The second-order valence-electron chi connectivity index (χ2n) is 6.60. The molecule has 0 aromatic carbocycles. The van der Waals surface area contributed by atoms with Crippen molar-refractivity contribution in [2.75, 3.05) is 26.2 Å². The lowest BCUT2D eigenvalue weighted by Gasteiger charge is -2.36. The van der Waals surface area contributed by atoms with Crippen molar-refractivity contribution in [3.63, 3.8) is 0 Å². The maximum absolute atomic E-state index is 10.2. The first kappa shape index (κ1) is 16.9. The third-order valence-electron chi connectivity index (χ3n) is 4.47. The third-order valence-corrected chi connectivity index (χ3v) is 4.47. The molecule has 0 aromatic heterocycles. The highest BCUT2D eigenvalue weighted by atomic mass is 16.3. The van der Waals surface area contributed by atoms with E-state index in [1.54, 1.807) is 0 Å². The van der Waals surface area contributed by atoms with Gasteiger partial charge in [0.1, 0.15) is 0 Å². The zero-order chi connectivity index (χ0) is 14.3. The van der Waals surface area contributed by atoms with Crippen LogP contribution in [-0.4, -0.2) is 47.8 Å². The molecule has 19 heavy (non-hydrogen) atoms. The summed E-state index contributed by atoms with van der Waals surface area (Å²) in [6, 6.07) is 0.520. The quantitative estimate of drug-likeness (QED) is 0.712. The maximum atomic E-state index is 10.2. The van der Waals surface area contributed by atoms with Crippen molar-refractivity contribution in [3.05, 3.63) is 0 Å². The molecule has 114 valence electrons. The van der Waals surface area contributed by atoms with Crippen molar-refractivity contribution < 1.29 is 5.11 Å². The Balaban J connectivity index is 2.25. The summed E-state index contributed by atoms with van der Waals surface area (Å²) in [5, 5.41) is 13.8. The fourth-order valence-electron chi connectivity index (χ4n) is 3.17. The maximum Gasteiger partial charge on any atom is 0.0743 e. The van der Waals surface area contributed by atoms with Crippen molar-refractivity contribution in [2.24, 2.45) is 5.92 Å². The van der Waals surface area contributed by atoms with Gasteiger partial charge in [0, 0.05) is 12.6 Å². The number of hydrogen-bond donors (Lipinski definition) is 2. The first-order chi connectivity index (χ1) is 8.98. The van der Waals surface area contributed by atoms with E-state index in [9.17, 15) is 5.11 Å². The van der Waals surface area contributed by atoms with Gasteiger partial charge in [0.2, 0.25) is 0 Å². The van der Waals surface area contributed by atoms with Gasteiger partial charge < -0.3 is 15.3 Å². The Morgan fingerprint density at radius 1 is 1.26 bits per heavy atom. The van der Waals surface area contributed by atoms with Gasteiger partial charge in [-0.1, -0.05) is 20.3 Å². The Bertz CT molecular complexity index is 235. The summed E-state index contributed by atoms with van der Waals surface area (Å²) in [5.74, 6) is 0.769. The molecule has 0 spiro atoms. The molecule has 1 aliphatic rings. The molecule has 1 aliphatic heterocycles. The average Bonchev–Trinajstić information content (AvgIpc) is 2.37. The lowest BCUT2D eigenvalue weighted by Crippen LogP contribution is -2.47. The summed E-state index contributed by atoms with van der Waals surface area (Å²) < 4.78 is 0. The van der Waals surface area contributed by atoms with E-state index < -0.39 is 5.60 Å². The van der Waals surface area contributed by atoms with Crippen LogP contribution in [0.5, 0.6) is 0 Å². The largest absolute Gasteiger partial charge is 0.389 e. The van der Waals surface area contributed by atoms with Gasteiger partial charge in [-0.3, -0.25) is 0 Å². The summed E-state index contributed by atoms with van der Waals surface area (Å²) >= 11 is 0. The molecule has 2 atom stereocenters. The van der Waals surface area contributed by atoms with E-state index in [4.69, 9.17) is 0 Å². The predicted octanol–water partition coefficient (Wildman–Crippen LogP) is 2.64. The van der Waals surface area contributed by atoms with Crippen LogP contribution in [-0.2, 0) is 0 Å². The number of aliphatic hydroxyl groups is 1. The normalized spacial score (nSPS) is 23.2. The lowest BCUT2D eigenvalue weighted by molar-refractivity contribution is 0.0433. The van der Waals surface area contributed by atoms with Crippen LogP contribution in [0.4, 0.5) is 0 Å². The van der Waals surface area contributed by atoms with Crippen LogP contribution in [0.3, 0.4) is 0 Å². The first-order valence-corrected chi connectivity index (χ1v) is 8.16. The summed E-state index contributed by atoms with van der Waals surface area (Å²) in [7, 11) is 0. The van der Waals surface area contributed by atoms with E-state index in [1.807, 2.05) is 6.92 Å². The number of nitrogens with one attached hydrogen (secondary N) is 1. The topological polar surface area (TPSA) is 35.5 Å². The first-order valence-electron chi connectivity index (χ1n) is 8.16. The number of likely N-dealkylation sites (tertiary alicyclic amines) is 1. The molecule has 2 N–H and O–H groups in total. The minimum absolute atomic E-state index is 0.520. The van der Waals surface area contributed by atoms with E-state index in [0.717, 1.165) is 25.3 Å². The molecule has 1 saturated heterocycles. The third kappa shape index (κ3) is 6.24. The molecule has 0 bridgehead atoms. The van der Waals surface area contributed by atoms with Gasteiger partial charge in [-0.25, -0.2) is 0 Å². The zero-order valence-electron chi connectivity index (χ0n) is 13.4. The summed E-state index contributed by atoms with van der Waals surface area (Å²) in [4.78, 5) is 2.58. The fourth-order valence-corrected chi connectivity index (χ4v) is 3.17. The molecule has 0 aliphatic carbocycles. The molecule has 0 radical (unpaired) electrons. The summed E-state index contributed by atoms with van der Waals surface area (Å²) in [5.41, 5.74) is -0.550. The van der Waals surface area contributed by atoms with Crippen LogP contribution in [0.15, 0.2) is 0 Å². The monoisotopic (exact) mass is 270 g/mol. The van der Waals surface area contributed by atoms with Gasteiger partial charge in [0.25, 0.3) is 0 Å². The molecule has 0 saturated carbocycles. The Morgan fingerprint density at radius 3 is 2.42 bits per heavy atom. The molecule has 3 heteroatoms. The highest BCUT2D eigenvalue weighted by Gasteiger charge is 2.25. The summed E-state index contributed by atoms with van der Waals surface area (Å²) in [6.07, 6.45) is 5.77. The molecule has 1 heterocycles. The van der Waals surface area contributed by atoms with Crippen molar-refractivity contribution in [1.29, 1.82) is 0 Å². The fraction of sp³-hybridized carbons (Fsp3) is 1.00. The second-order valence-corrected chi connectivity index (χ2v) is 6.60. The van der Waals surface area contributed by atoms with Crippen LogP contribution >= 0.6 is 0 Å². The highest BCUT2D eigenvalue weighted by molar-refractivity contribution is 4.82. The van der Waals surface area contributed by atoms with Crippen LogP contribution in [0, 0.1) is 5.92 Å². The van der Waals surface area contributed by atoms with Gasteiger partial charge in [0.05, 0.1) is 5.60 Å². The van der Waals surface area contributed by atoms with E-state index >= 15 is 0 Å². The Morgan fingerprint density at radius 2 is 1.89 bits per heavy atom. The van der Waals surface area contributed by atoms with E-state index in [2.05, 4.69) is 31.0 Å². The Kier molecular flexibility index (Phi) is 7.33. The van der Waals surface area contributed by atoms with Gasteiger partial charge in [-0.15, -0.1) is 0 Å². The van der Waals surface area contributed by atoms with Gasteiger partial charge in [0.15, 0.2) is 0 Å². The van der Waals surface area contributed by atoms with Crippen molar-refractivity contribution in [3.8, 4) is 0 Å². The Hall–Kier alpha value is -0.120. The smallest absolute Gasteiger partial charge is 0.0743 e. The molecule has 1 fully saturated rings. The van der Waals surface area contributed by atoms with Crippen molar-refractivity contribution >= 4 is 0 Å². The molecule has 3 nitrogen and oxygen atoms in total. The van der Waals surface area contributed by atoms with Crippen molar-refractivity contribution in [2.45, 2.75) is 71.4 Å². The molecule has 1 rings (SSSR count). The molecule has 0 amide bonds. The number of hydrogen-bond acceptors (Lipinski definition) is 3. The number of piperidine rings is 1. The van der Waals surface area contributed by atoms with Crippen LogP contribution < -0.4 is 5.32 Å². The molecule has 0 aromatic rings. The van der Waals surface area contributed by atoms with E-state index in [0.29, 0.717) is 6.04 Å². The minimum atomic E-state index is -0.550. The summed E-state index contributed by atoms with van der Waals surface area (Å²) in [6.45, 7) is 13.1. The van der Waals surface area contributed by atoms with Crippen LogP contribution in [0.25, 0.3) is 0 Å². The van der Waals surface area contributed by atoms with Crippen molar-refractivity contribution in [1.82, 2.24) is 10.2 Å². The molecular weight excluding hydrogens is 236 g/mol. The number of rotatable bonds is 8. The van der Waals surface area contributed by atoms with Crippen LogP contribution in [0.2, 0.25) is 0 Å². The lowest BCUT2D eigenvalue weighted by atomic mass is 9.89. The second kappa shape index (κ2) is 8.23. The molecule has 2 unspecified atom stereocenters. The molecular formula is C16H34N2O. The Labute approximate surface area is 119 Å². The SMILES string of the molecule is CCCN1CCC(C(C)NCC(C)(O)CCC)CC1. The highest BCUT2D eigenvalue weighted by Crippen LogP contribution is 2.21. The van der Waals surface area contributed by atoms with Crippen LogP contribution in [0.1, 0.15) is 59.8 Å². The van der Waals surface area contributed by atoms with Gasteiger partial charge in [-0.2, -0.15) is 0 Å². The van der Waals surface area contributed by atoms with Gasteiger partial charge in [-0.05, 0) is 65.1 Å². The van der Waals surface area contributed by atoms with E-state index in [-0.39, 0.29) is 0 Å². The minimum Gasteiger partial charge on any atom is -0.389 e. The standard InChI is InChI=1S/C16H34N2O/c1-5-9-16(4,19)13-17-14(3)15-7-11-18(10-6-2)12-8-15/h14-15,17,19H,5-13H2,1-4H3. The van der Waals surface area contributed by atoms with Gasteiger partial charge >= 0.3 is 0 Å². The predicted molar refractivity (Wildman–Crippen MR) is 82.5 cm³/mol. The zero-order valence-corrected chi connectivity index (χ0v) is 13.4. The number of nitrogens with zero attached hydrogens (tertiary/aromatic N) is 1.